The summed E-state index contributed by atoms with van der Waals surface area (Å²) in [6, 6.07) is 9.12. The summed E-state index contributed by atoms with van der Waals surface area (Å²) in [4.78, 5) is 4.95. The van der Waals surface area contributed by atoms with Gasteiger partial charge in [-0.15, -0.1) is 11.8 Å². The van der Waals surface area contributed by atoms with Crippen LogP contribution in [0.4, 0.5) is 5.69 Å². The zero-order chi connectivity index (χ0) is 11.4. The third kappa shape index (κ3) is 2.67. The van der Waals surface area contributed by atoms with Gasteiger partial charge in [0.1, 0.15) is 5.75 Å². The quantitative estimate of drug-likeness (QED) is 0.799. The largest absolute Gasteiger partial charge is 0.508 e. The topological polar surface area (TPSA) is 59.1 Å². The Labute approximate surface area is 98.3 Å². The fourth-order valence-electron chi connectivity index (χ4n) is 1.33. The first-order chi connectivity index (χ1) is 7.75. The van der Waals surface area contributed by atoms with Gasteiger partial charge in [0.05, 0.1) is 11.9 Å². The van der Waals surface area contributed by atoms with Gasteiger partial charge >= 0.3 is 0 Å². The number of thioether (sulfide) groups is 1. The first kappa shape index (κ1) is 10.8. The van der Waals surface area contributed by atoms with E-state index in [4.69, 9.17) is 5.73 Å². The third-order valence-electron chi connectivity index (χ3n) is 2.12. The van der Waals surface area contributed by atoms with Gasteiger partial charge in [0.2, 0.25) is 0 Å². The summed E-state index contributed by atoms with van der Waals surface area (Å²) in [6.45, 7) is 0. The molecular weight excluding hydrogens is 220 g/mol. The van der Waals surface area contributed by atoms with Crippen LogP contribution < -0.4 is 5.73 Å². The van der Waals surface area contributed by atoms with Gasteiger partial charge in [-0.05, 0) is 23.8 Å². The number of aromatic nitrogens is 1. The molecule has 2 aromatic rings. The van der Waals surface area contributed by atoms with Gasteiger partial charge in [0, 0.05) is 16.8 Å². The number of nitrogens with zero attached hydrogens (tertiary/aromatic N) is 1. The minimum Gasteiger partial charge on any atom is -0.508 e. The van der Waals surface area contributed by atoms with E-state index in [9.17, 15) is 5.11 Å². The van der Waals surface area contributed by atoms with Crippen LogP contribution in [0.5, 0.6) is 5.75 Å². The number of hydrogen-bond acceptors (Lipinski definition) is 4. The number of hydrogen-bond donors (Lipinski definition) is 2. The fraction of sp³-hybridized carbons (Fsp3) is 0.0833. The van der Waals surface area contributed by atoms with Crippen molar-refractivity contribution < 1.29 is 5.11 Å². The predicted octanol–water partition coefficient (Wildman–Crippen LogP) is 2.66. The molecule has 1 aromatic carbocycles. The molecule has 0 fully saturated rings. The first-order valence-corrected chi connectivity index (χ1v) is 5.84. The second-order valence-corrected chi connectivity index (χ2v) is 4.39. The van der Waals surface area contributed by atoms with Crippen LogP contribution in [0.1, 0.15) is 5.56 Å². The average molecular weight is 232 g/mol. The van der Waals surface area contributed by atoms with Gasteiger partial charge in [-0.1, -0.05) is 12.1 Å². The lowest BCUT2D eigenvalue weighted by atomic mass is 10.2. The summed E-state index contributed by atoms with van der Waals surface area (Å²) in [7, 11) is 0. The normalized spacial score (nSPS) is 10.2. The molecule has 0 aliphatic carbocycles. The lowest BCUT2D eigenvalue weighted by Gasteiger charge is -2.04. The van der Waals surface area contributed by atoms with Crippen LogP contribution >= 0.6 is 11.8 Å². The lowest BCUT2D eigenvalue weighted by Crippen LogP contribution is -1.89. The van der Waals surface area contributed by atoms with E-state index in [2.05, 4.69) is 4.98 Å². The summed E-state index contributed by atoms with van der Waals surface area (Å²) >= 11 is 1.63. The first-order valence-electron chi connectivity index (χ1n) is 4.86. The lowest BCUT2D eigenvalue weighted by molar-refractivity contribution is 0.475. The molecule has 3 nitrogen and oxygen atoms in total. The Bertz CT molecular complexity index is 488. The van der Waals surface area contributed by atoms with Gasteiger partial charge in [-0.25, -0.2) is 0 Å². The molecule has 0 aliphatic heterocycles. The van der Waals surface area contributed by atoms with Crippen molar-refractivity contribution in [1.82, 2.24) is 4.98 Å². The molecule has 1 aromatic heterocycles. The second kappa shape index (κ2) is 4.90. The molecule has 82 valence electrons. The smallest absolute Gasteiger partial charge is 0.115 e. The Hall–Kier alpha value is -1.68. The van der Waals surface area contributed by atoms with E-state index in [0.717, 1.165) is 16.2 Å². The molecule has 0 saturated heterocycles. The molecule has 1 heterocycles. The van der Waals surface area contributed by atoms with Crippen molar-refractivity contribution in [3.63, 3.8) is 0 Å². The van der Waals surface area contributed by atoms with Crippen LogP contribution in [0.2, 0.25) is 0 Å². The van der Waals surface area contributed by atoms with Crippen molar-refractivity contribution in [2.45, 2.75) is 10.6 Å². The van der Waals surface area contributed by atoms with E-state index in [1.54, 1.807) is 36.3 Å². The molecule has 0 radical (unpaired) electrons. The summed E-state index contributed by atoms with van der Waals surface area (Å²) in [5.41, 5.74) is 7.54. The van der Waals surface area contributed by atoms with Gasteiger partial charge < -0.3 is 10.8 Å². The molecule has 0 saturated carbocycles. The van der Waals surface area contributed by atoms with E-state index >= 15 is 0 Å². The zero-order valence-electron chi connectivity index (χ0n) is 8.63. The molecule has 0 spiro atoms. The number of rotatable bonds is 3. The molecular formula is C12H12N2OS. The highest BCUT2D eigenvalue weighted by Gasteiger charge is 2.00. The Balaban J connectivity index is 2.05. The molecule has 0 bridgehead atoms. The fourth-order valence-corrected chi connectivity index (χ4v) is 2.21. The molecule has 0 aliphatic rings. The maximum Gasteiger partial charge on any atom is 0.115 e. The number of anilines is 1. The second-order valence-electron chi connectivity index (χ2n) is 3.37. The number of phenolic OH excluding ortho intramolecular Hbond substituents is 1. The third-order valence-corrected chi connectivity index (χ3v) is 3.28. The molecule has 0 atom stereocenters. The van der Waals surface area contributed by atoms with Crippen molar-refractivity contribution in [1.29, 1.82) is 0 Å². The van der Waals surface area contributed by atoms with Crippen LogP contribution in [0, 0.1) is 0 Å². The monoisotopic (exact) mass is 232 g/mol. The van der Waals surface area contributed by atoms with E-state index in [1.807, 2.05) is 18.2 Å². The Morgan fingerprint density at radius 1 is 1.31 bits per heavy atom. The Kier molecular flexibility index (Phi) is 3.31. The predicted molar refractivity (Wildman–Crippen MR) is 66.3 cm³/mol. The molecule has 16 heavy (non-hydrogen) atoms. The summed E-state index contributed by atoms with van der Waals surface area (Å²) in [5.74, 6) is 1.07. The van der Waals surface area contributed by atoms with Crippen LogP contribution in [0.25, 0.3) is 0 Å². The van der Waals surface area contributed by atoms with Gasteiger partial charge in [0.25, 0.3) is 0 Å². The van der Waals surface area contributed by atoms with E-state index in [1.165, 1.54) is 0 Å². The van der Waals surface area contributed by atoms with E-state index in [-0.39, 0.29) is 0 Å². The van der Waals surface area contributed by atoms with Gasteiger partial charge in [-0.2, -0.15) is 0 Å². The standard InChI is InChI=1S/C12H12N2OS/c13-11-7-14-5-4-12(11)16-8-9-2-1-3-10(15)6-9/h1-7,15H,8,13H2. The molecule has 4 heteroatoms. The molecule has 0 unspecified atom stereocenters. The van der Waals surface area contributed by atoms with Crippen LogP contribution in [0.3, 0.4) is 0 Å². The molecule has 2 rings (SSSR count). The summed E-state index contributed by atoms with van der Waals surface area (Å²) in [5, 5.41) is 9.32. The van der Waals surface area contributed by atoms with Crippen LogP contribution in [-0.2, 0) is 5.75 Å². The van der Waals surface area contributed by atoms with E-state index in [0.29, 0.717) is 11.4 Å². The Morgan fingerprint density at radius 3 is 2.94 bits per heavy atom. The zero-order valence-corrected chi connectivity index (χ0v) is 9.45. The minimum atomic E-state index is 0.292. The van der Waals surface area contributed by atoms with Crippen molar-refractivity contribution in [3.8, 4) is 5.75 Å². The van der Waals surface area contributed by atoms with Gasteiger partial charge in [0.15, 0.2) is 0 Å². The number of phenols is 1. The number of pyridine rings is 1. The summed E-state index contributed by atoms with van der Waals surface area (Å²) < 4.78 is 0. The van der Waals surface area contributed by atoms with E-state index < -0.39 is 0 Å². The maximum absolute atomic E-state index is 9.32. The summed E-state index contributed by atoms with van der Waals surface area (Å²) in [6.07, 6.45) is 3.37. The highest BCUT2D eigenvalue weighted by Crippen LogP contribution is 2.27. The highest BCUT2D eigenvalue weighted by molar-refractivity contribution is 7.98. The highest BCUT2D eigenvalue weighted by atomic mass is 32.2. The minimum absolute atomic E-state index is 0.292. The Morgan fingerprint density at radius 2 is 2.19 bits per heavy atom. The van der Waals surface area contributed by atoms with Crippen LogP contribution in [-0.4, -0.2) is 10.1 Å². The molecule has 3 N–H and O–H groups in total. The van der Waals surface area contributed by atoms with Crippen molar-refractivity contribution in [2.24, 2.45) is 0 Å². The maximum atomic E-state index is 9.32. The number of nitrogens with two attached hydrogens (primary N) is 1. The number of benzene rings is 1. The van der Waals surface area contributed by atoms with Crippen molar-refractivity contribution in [3.05, 3.63) is 48.3 Å². The van der Waals surface area contributed by atoms with Crippen molar-refractivity contribution >= 4 is 17.4 Å². The molecule has 0 amide bonds. The number of aromatic hydroxyl groups is 1. The van der Waals surface area contributed by atoms with Crippen molar-refractivity contribution in [2.75, 3.05) is 5.73 Å². The number of nitrogen functional groups attached to an aromatic ring is 1. The van der Waals surface area contributed by atoms with Gasteiger partial charge in [-0.3, -0.25) is 4.98 Å². The van der Waals surface area contributed by atoms with Crippen LogP contribution in [0.15, 0.2) is 47.6 Å². The SMILES string of the molecule is Nc1cnccc1SCc1cccc(O)c1. The average Bonchev–Trinajstić information content (AvgIpc) is 2.28.